The first-order valence-corrected chi connectivity index (χ1v) is 9.60. The first kappa shape index (κ1) is 19.4. The second-order valence-corrected chi connectivity index (χ2v) is 7.26. The Balaban J connectivity index is 1.79. The number of amides is 1. The number of nitrogens with one attached hydrogen (secondary N) is 1. The van der Waals surface area contributed by atoms with E-state index in [2.05, 4.69) is 24.2 Å². The first-order chi connectivity index (χ1) is 12.2. The van der Waals surface area contributed by atoms with Crippen LogP contribution in [-0.4, -0.2) is 19.1 Å². The lowest BCUT2D eigenvalue weighted by Gasteiger charge is -2.24. The molecule has 1 aliphatic carbocycles. The van der Waals surface area contributed by atoms with Crippen molar-refractivity contribution in [1.82, 2.24) is 5.32 Å². The number of hydrogen-bond donors (Lipinski definition) is 1. The van der Waals surface area contributed by atoms with Crippen molar-refractivity contribution in [3.05, 3.63) is 29.8 Å². The van der Waals surface area contributed by atoms with Gasteiger partial charge in [-0.15, -0.1) is 6.42 Å². The Morgan fingerprint density at radius 2 is 2.08 bits per heavy atom. The van der Waals surface area contributed by atoms with E-state index < -0.39 is 0 Å². The molecule has 3 nitrogen and oxygen atoms in total. The summed E-state index contributed by atoms with van der Waals surface area (Å²) in [4.78, 5) is 11.6. The zero-order chi connectivity index (χ0) is 17.9. The molecule has 1 amide bonds. The van der Waals surface area contributed by atoms with Gasteiger partial charge in [0.05, 0.1) is 6.54 Å². The molecule has 0 bridgehead atoms. The second kappa shape index (κ2) is 10.8. The van der Waals surface area contributed by atoms with Gasteiger partial charge < -0.3 is 10.1 Å². The van der Waals surface area contributed by atoms with Gasteiger partial charge in [0.25, 0.3) is 5.91 Å². The Labute approximate surface area is 152 Å². The lowest BCUT2D eigenvalue weighted by atomic mass is 9.82. The van der Waals surface area contributed by atoms with Crippen LogP contribution in [0.3, 0.4) is 0 Å². The lowest BCUT2D eigenvalue weighted by Crippen LogP contribution is -2.29. The maximum absolute atomic E-state index is 11.6. The number of para-hydroxylation sites is 1. The minimum Gasteiger partial charge on any atom is -0.483 e. The standard InChI is InChI=1S/C22H31NO2/c1-3-15-23-22(24)17-25-21-12-8-7-11-20(21)14-13-18(2)16-19-9-5-4-6-10-19/h1,7-8,11-12,18-19H,4-6,9-10,13-17H2,2H3,(H,23,24). The van der Waals surface area contributed by atoms with Crippen LogP contribution in [0.5, 0.6) is 5.75 Å². The molecule has 0 spiro atoms. The molecule has 2 rings (SSSR count). The van der Waals surface area contributed by atoms with E-state index in [0.717, 1.165) is 24.0 Å². The predicted octanol–water partition coefficient (Wildman–Crippen LogP) is 4.35. The lowest BCUT2D eigenvalue weighted by molar-refractivity contribution is -0.122. The number of rotatable bonds is 9. The third-order valence-corrected chi connectivity index (χ3v) is 5.09. The summed E-state index contributed by atoms with van der Waals surface area (Å²) in [5.74, 6) is 4.67. The molecule has 136 valence electrons. The molecular formula is C22H31NO2. The van der Waals surface area contributed by atoms with Crippen LogP contribution in [0.2, 0.25) is 0 Å². The molecule has 0 heterocycles. The third-order valence-electron chi connectivity index (χ3n) is 5.09. The van der Waals surface area contributed by atoms with Crippen molar-refractivity contribution in [1.29, 1.82) is 0 Å². The molecule has 25 heavy (non-hydrogen) atoms. The van der Waals surface area contributed by atoms with Crippen molar-refractivity contribution in [3.63, 3.8) is 0 Å². The molecule has 0 aromatic heterocycles. The summed E-state index contributed by atoms with van der Waals surface area (Å²) in [5, 5.41) is 2.62. The molecule has 1 unspecified atom stereocenters. The average Bonchev–Trinajstić information content (AvgIpc) is 2.64. The molecule has 1 atom stereocenters. The number of hydrogen-bond acceptors (Lipinski definition) is 2. The smallest absolute Gasteiger partial charge is 0.258 e. The summed E-state index contributed by atoms with van der Waals surface area (Å²) in [7, 11) is 0. The van der Waals surface area contributed by atoms with Gasteiger partial charge in [-0.2, -0.15) is 0 Å². The molecule has 0 radical (unpaired) electrons. The van der Waals surface area contributed by atoms with Crippen LogP contribution in [0.15, 0.2) is 24.3 Å². The van der Waals surface area contributed by atoms with Crippen LogP contribution >= 0.6 is 0 Å². The fraction of sp³-hybridized carbons (Fsp3) is 0.591. The second-order valence-electron chi connectivity index (χ2n) is 7.26. The molecule has 1 aliphatic rings. The molecule has 0 saturated heterocycles. The summed E-state index contributed by atoms with van der Waals surface area (Å²) < 4.78 is 5.70. The maximum Gasteiger partial charge on any atom is 0.258 e. The largest absolute Gasteiger partial charge is 0.483 e. The summed E-state index contributed by atoms with van der Waals surface area (Å²) in [6.07, 6.45) is 15.7. The normalized spacial score (nSPS) is 16.0. The van der Waals surface area contributed by atoms with E-state index in [9.17, 15) is 4.79 Å². The van der Waals surface area contributed by atoms with Gasteiger partial charge in [-0.1, -0.05) is 63.1 Å². The van der Waals surface area contributed by atoms with Gasteiger partial charge in [0.15, 0.2) is 6.61 Å². The Kier molecular flexibility index (Phi) is 8.39. The van der Waals surface area contributed by atoms with Gasteiger partial charge in [-0.05, 0) is 42.7 Å². The van der Waals surface area contributed by atoms with Gasteiger partial charge in [0.1, 0.15) is 5.75 Å². The highest BCUT2D eigenvalue weighted by Gasteiger charge is 2.17. The van der Waals surface area contributed by atoms with Crippen LogP contribution in [0.1, 0.15) is 57.4 Å². The minimum absolute atomic E-state index is 0.0102. The monoisotopic (exact) mass is 341 g/mol. The van der Waals surface area contributed by atoms with Crippen LogP contribution in [0.4, 0.5) is 0 Å². The van der Waals surface area contributed by atoms with E-state index in [1.54, 1.807) is 0 Å². The van der Waals surface area contributed by atoms with E-state index in [-0.39, 0.29) is 19.1 Å². The summed E-state index contributed by atoms with van der Waals surface area (Å²) in [5.41, 5.74) is 1.18. The van der Waals surface area contributed by atoms with Crippen LogP contribution in [0, 0.1) is 24.2 Å². The van der Waals surface area contributed by atoms with Gasteiger partial charge in [0.2, 0.25) is 0 Å². The van der Waals surface area contributed by atoms with Crippen LogP contribution < -0.4 is 10.1 Å². The first-order valence-electron chi connectivity index (χ1n) is 9.60. The van der Waals surface area contributed by atoms with Gasteiger partial charge >= 0.3 is 0 Å². The Morgan fingerprint density at radius 3 is 2.84 bits per heavy atom. The van der Waals surface area contributed by atoms with Crippen molar-refractivity contribution in [2.24, 2.45) is 11.8 Å². The molecule has 0 aliphatic heterocycles. The molecule has 1 saturated carbocycles. The van der Waals surface area contributed by atoms with Crippen molar-refractivity contribution in [3.8, 4) is 18.1 Å². The van der Waals surface area contributed by atoms with Gasteiger partial charge in [-0.3, -0.25) is 4.79 Å². The summed E-state index contributed by atoms with van der Waals surface area (Å²) >= 11 is 0. The zero-order valence-corrected chi connectivity index (χ0v) is 15.4. The van der Waals surface area contributed by atoms with E-state index in [4.69, 9.17) is 11.2 Å². The fourth-order valence-electron chi connectivity index (χ4n) is 3.71. The van der Waals surface area contributed by atoms with E-state index >= 15 is 0 Å². The maximum atomic E-state index is 11.6. The highest BCUT2D eigenvalue weighted by atomic mass is 16.5. The molecule has 1 N–H and O–H groups in total. The molecule has 1 aromatic rings. The van der Waals surface area contributed by atoms with Crippen molar-refractivity contribution < 1.29 is 9.53 Å². The van der Waals surface area contributed by atoms with E-state index in [0.29, 0.717) is 0 Å². The van der Waals surface area contributed by atoms with E-state index in [1.807, 2.05) is 18.2 Å². The molecular weight excluding hydrogens is 310 g/mol. The van der Waals surface area contributed by atoms with Crippen molar-refractivity contribution >= 4 is 5.91 Å². The Hall–Kier alpha value is -1.95. The summed E-state index contributed by atoms with van der Waals surface area (Å²) in [6.45, 7) is 2.62. The Morgan fingerprint density at radius 1 is 1.32 bits per heavy atom. The quantitative estimate of drug-likeness (QED) is 0.678. The average molecular weight is 341 g/mol. The number of ether oxygens (including phenoxy) is 1. The Bertz CT molecular complexity index is 570. The SMILES string of the molecule is C#CCNC(=O)COc1ccccc1CCC(C)CC1CCCCC1. The van der Waals surface area contributed by atoms with Crippen molar-refractivity contribution in [2.75, 3.05) is 13.2 Å². The molecule has 1 fully saturated rings. The minimum atomic E-state index is -0.182. The third kappa shape index (κ3) is 7.22. The number of terminal acetylenes is 1. The van der Waals surface area contributed by atoms with Crippen molar-refractivity contribution in [2.45, 2.75) is 58.3 Å². The fourth-order valence-corrected chi connectivity index (χ4v) is 3.71. The number of carbonyl (C=O) groups excluding carboxylic acids is 1. The highest BCUT2D eigenvalue weighted by Crippen LogP contribution is 2.31. The number of benzene rings is 1. The number of aryl methyl sites for hydroxylation is 1. The number of carbonyl (C=O) groups is 1. The predicted molar refractivity (Wildman–Crippen MR) is 102 cm³/mol. The van der Waals surface area contributed by atoms with Gasteiger partial charge in [-0.25, -0.2) is 0 Å². The summed E-state index contributed by atoms with van der Waals surface area (Å²) in [6, 6.07) is 8.02. The molecule has 3 heteroatoms. The molecule has 1 aromatic carbocycles. The van der Waals surface area contributed by atoms with E-state index in [1.165, 1.54) is 50.5 Å². The highest BCUT2D eigenvalue weighted by molar-refractivity contribution is 5.77. The van der Waals surface area contributed by atoms with Crippen LogP contribution in [-0.2, 0) is 11.2 Å². The van der Waals surface area contributed by atoms with Crippen LogP contribution in [0.25, 0.3) is 0 Å². The topological polar surface area (TPSA) is 38.3 Å². The zero-order valence-electron chi connectivity index (χ0n) is 15.4. The van der Waals surface area contributed by atoms with Gasteiger partial charge in [0, 0.05) is 0 Å².